The van der Waals surface area contributed by atoms with Gasteiger partial charge in [0.25, 0.3) is 11.8 Å². The van der Waals surface area contributed by atoms with E-state index < -0.39 is 38.8 Å². The van der Waals surface area contributed by atoms with Crippen molar-refractivity contribution in [2.45, 2.75) is 43.9 Å². The third kappa shape index (κ3) is 6.14. The molecule has 0 aliphatic carbocycles. The number of nitrogens with one attached hydrogen (secondary N) is 2. The second-order valence-electron chi connectivity index (χ2n) is 8.00. The fraction of sp³-hybridized carbons (Fsp3) is 0.300. The number of amides is 1. The largest absolute Gasteiger partial charge is 0.417 e. The van der Waals surface area contributed by atoms with Gasteiger partial charge < -0.3 is 9.84 Å². The van der Waals surface area contributed by atoms with Crippen LogP contribution >= 0.6 is 0 Å². The Morgan fingerprint density at radius 2 is 1.88 bits per heavy atom. The molecule has 3 aromatic rings. The average Bonchev–Trinajstić information content (AvgIpc) is 3.19. The van der Waals surface area contributed by atoms with Gasteiger partial charge in [-0.3, -0.25) is 9.78 Å². The molecule has 176 valence electrons. The number of rotatable bonds is 6. The van der Waals surface area contributed by atoms with Crippen LogP contribution in [0.15, 0.2) is 52.1 Å². The summed E-state index contributed by atoms with van der Waals surface area (Å²) < 4.78 is 71.9. The van der Waals surface area contributed by atoms with Crippen molar-refractivity contribution in [3.8, 4) is 11.5 Å². The molecule has 3 rings (SSSR count). The first-order chi connectivity index (χ1) is 15.3. The summed E-state index contributed by atoms with van der Waals surface area (Å²) >= 11 is 0. The molecule has 2 N–H and O–H groups in total. The first-order valence-corrected chi connectivity index (χ1v) is 11.0. The highest BCUT2D eigenvalue weighted by Gasteiger charge is 2.35. The fourth-order valence-corrected chi connectivity index (χ4v) is 4.24. The van der Waals surface area contributed by atoms with Crippen LogP contribution in [0.2, 0.25) is 0 Å². The number of hydrogen-bond donors (Lipinski definition) is 2. The second kappa shape index (κ2) is 8.90. The molecule has 33 heavy (non-hydrogen) atoms. The fourth-order valence-electron chi connectivity index (χ4n) is 2.78. The van der Waals surface area contributed by atoms with Crippen LogP contribution in [0.1, 0.15) is 42.5 Å². The molecular formula is C20H20F3N5O4S. The van der Waals surface area contributed by atoms with Gasteiger partial charge in [0.05, 0.1) is 22.6 Å². The summed E-state index contributed by atoms with van der Waals surface area (Å²) in [7, 11) is -3.80. The van der Waals surface area contributed by atoms with E-state index in [1.165, 1.54) is 18.2 Å². The van der Waals surface area contributed by atoms with Crippen molar-refractivity contribution in [2.75, 3.05) is 0 Å². The lowest BCUT2D eigenvalue weighted by atomic mass is 10.1. The predicted molar refractivity (Wildman–Crippen MR) is 110 cm³/mol. The molecule has 0 saturated carbocycles. The Morgan fingerprint density at radius 3 is 2.55 bits per heavy atom. The minimum Gasteiger partial charge on any atom is -0.345 e. The number of carbonyl (C=O) groups is 1. The molecule has 0 fully saturated rings. The van der Waals surface area contributed by atoms with E-state index in [2.05, 4.69) is 25.2 Å². The predicted octanol–water partition coefficient (Wildman–Crippen LogP) is 3.16. The minimum absolute atomic E-state index is 0.0146. The van der Waals surface area contributed by atoms with Crippen LogP contribution in [-0.4, -0.2) is 35.0 Å². The number of aromatic nitrogens is 3. The molecule has 0 radical (unpaired) electrons. The lowest BCUT2D eigenvalue weighted by Gasteiger charge is -2.20. The monoisotopic (exact) mass is 483 g/mol. The van der Waals surface area contributed by atoms with Crippen LogP contribution in [0.5, 0.6) is 0 Å². The van der Waals surface area contributed by atoms with Crippen molar-refractivity contribution in [3.63, 3.8) is 0 Å². The normalized spacial score (nSPS) is 12.5. The molecule has 0 atom stereocenters. The Labute approximate surface area is 187 Å². The van der Waals surface area contributed by atoms with E-state index >= 15 is 0 Å². The Kier molecular flexibility index (Phi) is 6.56. The molecule has 0 aliphatic heterocycles. The summed E-state index contributed by atoms with van der Waals surface area (Å²) in [5.41, 5.74) is -2.14. The van der Waals surface area contributed by atoms with Crippen LogP contribution in [0.25, 0.3) is 11.5 Å². The number of halogens is 3. The van der Waals surface area contributed by atoms with Crippen LogP contribution in [0.3, 0.4) is 0 Å². The van der Waals surface area contributed by atoms with Gasteiger partial charge in [-0.05, 0) is 45.0 Å². The van der Waals surface area contributed by atoms with Crippen molar-refractivity contribution in [1.29, 1.82) is 0 Å². The van der Waals surface area contributed by atoms with Crippen molar-refractivity contribution in [1.82, 2.24) is 25.2 Å². The highest BCUT2D eigenvalue weighted by Crippen LogP contribution is 2.31. The van der Waals surface area contributed by atoms with Gasteiger partial charge in [0.2, 0.25) is 10.0 Å². The molecule has 9 nitrogen and oxygen atoms in total. The summed E-state index contributed by atoms with van der Waals surface area (Å²) in [6.07, 6.45) is -2.96. The van der Waals surface area contributed by atoms with Gasteiger partial charge in [0.1, 0.15) is 0 Å². The van der Waals surface area contributed by atoms with Crippen LogP contribution in [-0.2, 0) is 22.7 Å². The molecule has 2 aromatic heterocycles. The van der Waals surface area contributed by atoms with Crippen molar-refractivity contribution >= 4 is 15.9 Å². The Bertz CT molecular complexity index is 1270. The second-order valence-corrected chi connectivity index (χ2v) is 9.68. The third-order valence-corrected chi connectivity index (χ3v) is 5.83. The molecular weight excluding hydrogens is 463 g/mol. The Hall–Kier alpha value is -3.32. The minimum atomic E-state index is -4.72. The lowest BCUT2D eigenvalue weighted by Crippen LogP contribution is -2.40. The number of sulfonamides is 1. The maximum Gasteiger partial charge on any atom is 0.417 e. The number of nitrogens with zero attached hydrogens (tertiary/aromatic N) is 3. The zero-order valence-corrected chi connectivity index (χ0v) is 18.6. The molecule has 0 unspecified atom stereocenters. The maximum atomic E-state index is 13.1. The molecule has 0 spiro atoms. The summed E-state index contributed by atoms with van der Waals surface area (Å²) in [4.78, 5) is 19.8. The van der Waals surface area contributed by atoms with Gasteiger partial charge in [0.15, 0.2) is 5.82 Å². The smallest absolute Gasteiger partial charge is 0.345 e. The molecule has 0 saturated heterocycles. The van der Waals surface area contributed by atoms with Crippen molar-refractivity contribution in [2.24, 2.45) is 0 Å². The van der Waals surface area contributed by atoms with E-state index in [1.54, 1.807) is 26.8 Å². The molecule has 0 aliphatic rings. The topological polar surface area (TPSA) is 127 Å². The van der Waals surface area contributed by atoms with Crippen LogP contribution in [0, 0.1) is 0 Å². The summed E-state index contributed by atoms with van der Waals surface area (Å²) in [6, 6.07) is 6.50. The lowest BCUT2D eigenvalue weighted by molar-refractivity contribution is -0.138. The number of benzene rings is 1. The summed E-state index contributed by atoms with van der Waals surface area (Å²) in [5.74, 6) is -1.05. The van der Waals surface area contributed by atoms with Gasteiger partial charge in [-0.25, -0.2) is 13.1 Å². The van der Waals surface area contributed by atoms with E-state index in [-0.39, 0.29) is 23.2 Å². The van der Waals surface area contributed by atoms with E-state index in [0.29, 0.717) is 11.6 Å². The Balaban J connectivity index is 1.75. The van der Waals surface area contributed by atoms with E-state index in [4.69, 9.17) is 4.52 Å². The highest BCUT2D eigenvalue weighted by molar-refractivity contribution is 7.89. The number of alkyl halides is 3. The van der Waals surface area contributed by atoms with Gasteiger partial charge in [0, 0.05) is 23.5 Å². The molecule has 0 bridgehead atoms. The van der Waals surface area contributed by atoms with Gasteiger partial charge >= 0.3 is 6.18 Å². The first-order valence-electron chi connectivity index (χ1n) is 9.53. The van der Waals surface area contributed by atoms with E-state index in [9.17, 15) is 26.4 Å². The van der Waals surface area contributed by atoms with Crippen molar-refractivity contribution < 1.29 is 30.9 Å². The number of hydrogen-bond acceptors (Lipinski definition) is 7. The number of carbonyl (C=O) groups excluding carboxylic acids is 1. The summed E-state index contributed by atoms with van der Waals surface area (Å²) in [5, 5.41) is 5.96. The molecule has 13 heteroatoms. The number of pyridine rings is 1. The zero-order chi connectivity index (χ0) is 24.4. The SMILES string of the molecule is CC(C)(C)NS(=O)(=O)c1cccc(-c2nc(CNC(=O)c3cnccc3C(F)(F)F)no2)c1. The maximum absolute atomic E-state index is 13.1. The highest BCUT2D eigenvalue weighted by atomic mass is 32.2. The third-order valence-electron chi connectivity index (χ3n) is 4.08. The molecule has 1 aromatic carbocycles. The average molecular weight is 483 g/mol. The van der Waals surface area contributed by atoms with E-state index in [1.807, 2.05) is 0 Å². The standard InChI is InChI=1S/C20H20F3N5O4S/c1-19(2,3)28-33(30,31)13-6-4-5-12(9-13)18-26-16(27-32-18)11-25-17(29)14-10-24-8-7-15(14)20(21,22)23/h4-10,28H,11H2,1-3H3,(H,25,29). The quantitative estimate of drug-likeness (QED) is 0.551. The zero-order valence-electron chi connectivity index (χ0n) is 17.8. The Morgan fingerprint density at radius 1 is 1.15 bits per heavy atom. The summed E-state index contributed by atoms with van der Waals surface area (Å²) in [6.45, 7) is 4.79. The van der Waals surface area contributed by atoms with E-state index in [0.717, 1.165) is 12.4 Å². The molecule has 1 amide bonds. The first kappa shape index (κ1) is 24.3. The van der Waals surface area contributed by atoms with Crippen molar-refractivity contribution in [3.05, 3.63) is 59.7 Å². The van der Waals surface area contributed by atoms with Crippen LogP contribution < -0.4 is 10.0 Å². The van der Waals surface area contributed by atoms with Crippen LogP contribution in [0.4, 0.5) is 13.2 Å². The van der Waals surface area contributed by atoms with Gasteiger partial charge in [-0.1, -0.05) is 11.2 Å². The van der Waals surface area contributed by atoms with Gasteiger partial charge in [-0.15, -0.1) is 0 Å². The van der Waals surface area contributed by atoms with Gasteiger partial charge in [-0.2, -0.15) is 18.2 Å². The molecule has 2 heterocycles.